The van der Waals surface area contributed by atoms with Crippen LogP contribution >= 0.6 is 0 Å². The Hall–Kier alpha value is -2.79. The van der Waals surface area contributed by atoms with Gasteiger partial charge in [0, 0.05) is 5.56 Å². The molecule has 0 aliphatic carbocycles. The van der Waals surface area contributed by atoms with Gasteiger partial charge < -0.3 is 4.42 Å². The Morgan fingerprint density at radius 1 is 0.905 bits per heavy atom. The molecule has 1 aromatic heterocycles. The first-order chi connectivity index (χ1) is 10.1. The number of hydrogen-bond donors (Lipinski definition) is 0. The molecule has 0 radical (unpaired) electrons. The second-order valence-corrected chi connectivity index (χ2v) is 4.97. The summed E-state index contributed by atoms with van der Waals surface area (Å²) < 4.78 is 5.68. The second-order valence-electron chi connectivity index (χ2n) is 4.97. The van der Waals surface area contributed by atoms with Crippen LogP contribution in [0.25, 0.3) is 11.0 Å². The van der Waals surface area contributed by atoms with E-state index in [-0.39, 0.29) is 5.43 Å². The maximum absolute atomic E-state index is 12.5. The summed E-state index contributed by atoms with van der Waals surface area (Å²) in [6.07, 6.45) is 0. The van der Waals surface area contributed by atoms with Gasteiger partial charge in [-0.3, -0.25) is 4.79 Å². The van der Waals surface area contributed by atoms with Gasteiger partial charge in [-0.15, -0.1) is 0 Å². The Kier molecular flexibility index (Phi) is 3.33. The summed E-state index contributed by atoms with van der Waals surface area (Å²) in [7, 11) is 0. The fourth-order valence-electron chi connectivity index (χ4n) is 2.17. The molecule has 0 saturated carbocycles. The minimum absolute atomic E-state index is 0.0750. The highest BCUT2D eigenvalue weighted by atomic mass is 16.3. The molecular formula is C19H14O2. The smallest absolute Gasteiger partial charge is 0.208 e. The molecule has 2 nitrogen and oxygen atoms in total. The molecule has 0 saturated heterocycles. The minimum Gasteiger partial charge on any atom is -0.460 e. The first-order valence-electron chi connectivity index (χ1n) is 6.76. The van der Waals surface area contributed by atoms with E-state index < -0.39 is 0 Å². The lowest BCUT2D eigenvalue weighted by Gasteiger charge is -2.01. The molecule has 0 amide bonds. The number of benzene rings is 2. The molecule has 1 heterocycles. The van der Waals surface area contributed by atoms with Crippen molar-refractivity contribution in [3.63, 3.8) is 0 Å². The summed E-state index contributed by atoms with van der Waals surface area (Å²) >= 11 is 0. The van der Waals surface area contributed by atoms with Gasteiger partial charge in [-0.1, -0.05) is 41.7 Å². The van der Waals surface area contributed by atoms with E-state index in [2.05, 4.69) is 11.8 Å². The Balaban J connectivity index is 2.13. The average molecular weight is 274 g/mol. The van der Waals surface area contributed by atoms with Crippen LogP contribution in [0.5, 0.6) is 0 Å². The highest BCUT2D eigenvalue weighted by Gasteiger charge is 2.08. The fourth-order valence-corrected chi connectivity index (χ4v) is 2.17. The molecule has 0 aliphatic heterocycles. The summed E-state index contributed by atoms with van der Waals surface area (Å²) in [5.41, 5.74) is 3.01. The zero-order chi connectivity index (χ0) is 14.8. The van der Waals surface area contributed by atoms with E-state index in [9.17, 15) is 4.79 Å². The molecule has 3 rings (SSSR count). The summed E-state index contributed by atoms with van der Waals surface area (Å²) in [5.74, 6) is 6.53. The van der Waals surface area contributed by atoms with E-state index in [0.29, 0.717) is 22.3 Å². The van der Waals surface area contributed by atoms with Crippen LogP contribution in [0.15, 0.2) is 57.7 Å². The van der Waals surface area contributed by atoms with Gasteiger partial charge in [0.05, 0.1) is 5.39 Å². The van der Waals surface area contributed by atoms with Crippen LogP contribution < -0.4 is 5.43 Å². The number of fused-ring (bicyclic) bond motifs is 1. The van der Waals surface area contributed by atoms with E-state index in [1.54, 1.807) is 19.1 Å². The third-order valence-electron chi connectivity index (χ3n) is 3.36. The van der Waals surface area contributed by atoms with Crippen LogP contribution in [-0.4, -0.2) is 0 Å². The number of hydrogen-bond acceptors (Lipinski definition) is 2. The topological polar surface area (TPSA) is 30.2 Å². The van der Waals surface area contributed by atoms with E-state index in [1.165, 1.54) is 5.56 Å². The Bertz CT molecular complexity index is 920. The second kappa shape index (κ2) is 5.30. The zero-order valence-corrected chi connectivity index (χ0v) is 11.9. The molecule has 0 bridgehead atoms. The lowest BCUT2D eigenvalue weighted by molar-refractivity contribution is 0.562. The monoisotopic (exact) mass is 274 g/mol. The molecule has 2 heteroatoms. The van der Waals surface area contributed by atoms with Gasteiger partial charge in [0.2, 0.25) is 5.43 Å². The van der Waals surface area contributed by atoms with Crippen LogP contribution in [0, 0.1) is 25.7 Å². The lowest BCUT2D eigenvalue weighted by Crippen LogP contribution is -2.08. The quantitative estimate of drug-likeness (QED) is 0.583. The Labute approximate surface area is 123 Å². The zero-order valence-electron chi connectivity index (χ0n) is 11.9. The first-order valence-corrected chi connectivity index (χ1v) is 6.76. The predicted molar refractivity (Wildman–Crippen MR) is 84.4 cm³/mol. The summed E-state index contributed by atoms with van der Waals surface area (Å²) in [6, 6.07) is 15.1. The van der Waals surface area contributed by atoms with Crippen LogP contribution in [0.2, 0.25) is 0 Å². The van der Waals surface area contributed by atoms with Gasteiger partial charge in [-0.05, 0) is 38.1 Å². The standard InChI is InChI=1S/C19H14O2/c1-13-7-9-15(10-8-13)11-12-16-14(2)21-18-6-4-3-5-17(18)19(16)20/h3-10H,1-2H3. The van der Waals surface area contributed by atoms with Crippen molar-refractivity contribution in [2.75, 3.05) is 0 Å². The molecule has 102 valence electrons. The number of aryl methyl sites for hydroxylation is 2. The molecule has 21 heavy (non-hydrogen) atoms. The largest absolute Gasteiger partial charge is 0.460 e. The van der Waals surface area contributed by atoms with Crippen molar-refractivity contribution in [1.29, 1.82) is 0 Å². The Morgan fingerprint density at radius 3 is 2.38 bits per heavy atom. The third kappa shape index (κ3) is 2.59. The van der Waals surface area contributed by atoms with E-state index in [0.717, 1.165) is 5.56 Å². The van der Waals surface area contributed by atoms with Crippen molar-refractivity contribution in [3.8, 4) is 11.8 Å². The van der Waals surface area contributed by atoms with Crippen molar-refractivity contribution in [2.45, 2.75) is 13.8 Å². The van der Waals surface area contributed by atoms with E-state index in [1.807, 2.05) is 43.3 Å². The van der Waals surface area contributed by atoms with Crippen molar-refractivity contribution in [2.24, 2.45) is 0 Å². The fraction of sp³-hybridized carbons (Fsp3) is 0.105. The summed E-state index contributed by atoms with van der Waals surface area (Å²) in [6.45, 7) is 3.80. The molecule has 2 aromatic carbocycles. The Morgan fingerprint density at radius 2 is 1.62 bits per heavy atom. The van der Waals surface area contributed by atoms with Gasteiger partial charge in [0.25, 0.3) is 0 Å². The average Bonchev–Trinajstić information content (AvgIpc) is 2.49. The van der Waals surface area contributed by atoms with Crippen molar-refractivity contribution in [3.05, 3.63) is 81.2 Å². The van der Waals surface area contributed by atoms with Crippen molar-refractivity contribution in [1.82, 2.24) is 0 Å². The predicted octanol–water partition coefficient (Wildman–Crippen LogP) is 3.81. The van der Waals surface area contributed by atoms with Gasteiger partial charge in [-0.25, -0.2) is 0 Å². The summed E-state index contributed by atoms with van der Waals surface area (Å²) in [5, 5.41) is 0.566. The highest BCUT2D eigenvalue weighted by molar-refractivity contribution is 5.78. The van der Waals surface area contributed by atoms with Gasteiger partial charge >= 0.3 is 0 Å². The molecule has 0 atom stereocenters. The van der Waals surface area contributed by atoms with Gasteiger partial charge in [0.15, 0.2) is 0 Å². The van der Waals surface area contributed by atoms with E-state index in [4.69, 9.17) is 4.42 Å². The number of rotatable bonds is 0. The number of para-hydroxylation sites is 1. The molecule has 0 spiro atoms. The maximum Gasteiger partial charge on any atom is 0.208 e. The molecular weight excluding hydrogens is 260 g/mol. The third-order valence-corrected chi connectivity index (χ3v) is 3.36. The first kappa shape index (κ1) is 13.2. The molecule has 3 aromatic rings. The normalized spacial score (nSPS) is 10.2. The molecule has 0 N–H and O–H groups in total. The van der Waals surface area contributed by atoms with Crippen LogP contribution in [0.4, 0.5) is 0 Å². The van der Waals surface area contributed by atoms with Gasteiger partial charge in [-0.2, -0.15) is 0 Å². The van der Waals surface area contributed by atoms with Crippen molar-refractivity contribution < 1.29 is 4.42 Å². The van der Waals surface area contributed by atoms with Crippen LogP contribution in [-0.2, 0) is 0 Å². The molecule has 0 unspecified atom stereocenters. The van der Waals surface area contributed by atoms with Crippen LogP contribution in [0.1, 0.15) is 22.5 Å². The SMILES string of the molecule is Cc1ccc(C#Cc2c(C)oc3ccccc3c2=O)cc1. The lowest BCUT2D eigenvalue weighted by atomic mass is 10.1. The van der Waals surface area contributed by atoms with Crippen LogP contribution in [0.3, 0.4) is 0 Å². The highest BCUT2D eigenvalue weighted by Crippen LogP contribution is 2.14. The van der Waals surface area contributed by atoms with E-state index >= 15 is 0 Å². The van der Waals surface area contributed by atoms with Crippen molar-refractivity contribution >= 4 is 11.0 Å². The summed E-state index contributed by atoms with van der Waals surface area (Å²) in [4.78, 5) is 12.5. The molecule has 0 aliphatic rings. The molecule has 0 fully saturated rings. The maximum atomic E-state index is 12.5. The minimum atomic E-state index is -0.0750. The van der Waals surface area contributed by atoms with Gasteiger partial charge in [0.1, 0.15) is 16.9 Å².